The van der Waals surface area contributed by atoms with Crippen molar-refractivity contribution in [3.05, 3.63) is 76.7 Å². The van der Waals surface area contributed by atoms with Gasteiger partial charge in [0.2, 0.25) is 0 Å². The molecule has 1 aliphatic heterocycles. The Hall–Kier alpha value is -3.34. The van der Waals surface area contributed by atoms with E-state index in [-0.39, 0.29) is 24.2 Å². The van der Waals surface area contributed by atoms with Gasteiger partial charge in [-0.05, 0) is 48.7 Å². The first-order valence-corrected chi connectivity index (χ1v) is 10.4. The van der Waals surface area contributed by atoms with Crippen molar-refractivity contribution in [3.8, 4) is 0 Å². The van der Waals surface area contributed by atoms with Crippen molar-refractivity contribution in [1.82, 2.24) is 0 Å². The minimum atomic E-state index is -0.449. The number of allylic oxidation sites excluding steroid dienone is 1. The van der Waals surface area contributed by atoms with E-state index in [0.717, 1.165) is 39.0 Å². The van der Waals surface area contributed by atoms with Gasteiger partial charge >= 0.3 is 5.97 Å². The highest BCUT2D eigenvalue weighted by molar-refractivity contribution is 5.95. The van der Waals surface area contributed by atoms with Gasteiger partial charge in [-0.15, -0.1) is 0 Å². The number of nitrogens with zero attached hydrogens (tertiary/aromatic N) is 1. The number of rotatable bonds is 5. The fourth-order valence-electron chi connectivity index (χ4n) is 4.28. The summed E-state index contributed by atoms with van der Waals surface area (Å²) in [6, 6.07) is 12.1. The van der Waals surface area contributed by atoms with Gasteiger partial charge in [-0.3, -0.25) is 9.59 Å². The largest absolute Gasteiger partial charge is 0.464 e. The summed E-state index contributed by atoms with van der Waals surface area (Å²) in [6.45, 7) is 7.95. The van der Waals surface area contributed by atoms with Crippen LogP contribution >= 0.6 is 0 Å². The van der Waals surface area contributed by atoms with Gasteiger partial charge in [-0.2, -0.15) is 0 Å². The molecule has 2 aromatic carbocycles. The number of ether oxygens (including phenoxy) is 1. The molecule has 31 heavy (non-hydrogen) atoms. The van der Waals surface area contributed by atoms with Crippen molar-refractivity contribution < 1.29 is 18.7 Å². The van der Waals surface area contributed by atoms with Crippen LogP contribution in [0.4, 0.5) is 5.69 Å². The van der Waals surface area contributed by atoms with Crippen LogP contribution in [-0.4, -0.2) is 25.4 Å². The van der Waals surface area contributed by atoms with Gasteiger partial charge in [0.1, 0.15) is 5.58 Å². The molecule has 160 valence electrons. The van der Waals surface area contributed by atoms with Crippen LogP contribution in [0.25, 0.3) is 11.0 Å². The second kappa shape index (κ2) is 7.73. The van der Waals surface area contributed by atoms with E-state index in [9.17, 15) is 9.59 Å². The summed E-state index contributed by atoms with van der Waals surface area (Å²) in [6.07, 6.45) is 3.24. The first-order chi connectivity index (χ1) is 14.7. The number of likely N-dealkylation sites (N-methyl/N-ethyl adjacent to an activating group) is 1. The average molecular weight is 418 g/mol. The quantitative estimate of drug-likeness (QED) is 0.431. The minimum absolute atomic E-state index is 0.0657. The molecule has 2 heterocycles. The molecule has 5 heteroatoms. The van der Waals surface area contributed by atoms with E-state index in [2.05, 4.69) is 19.9 Å². The maximum atomic E-state index is 12.6. The van der Waals surface area contributed by atoms with Crippen molar-refractivity contribution in [1.29, 1.82) is 0 Å². The summed E-state index contributed by atoms with van der Waals surface area (Å²) in [5, 5.41) is 0.903. The zero-order chi connectivity index (χ0) is 22.3. The molecule has 0 N–H and O–H groups in total. The molecule has 4 rings (SSSR count). The number of para-hydroxylation sites is 1. The third-order valence-corrected chi connectivity index (χ3v) is 6.22. The third-order valence-electron chi connectivity index (χ3n) is 6.22. The molecule has 1 aliphatic rings. The number of fused-ring (bicyclic) bond motifs is 2. The van der Waals surface area contributed by atoms with Gasteiger partial charge in [0.25, 0.3) is 0 Å². The molecule has 1 aromatic heterocycles. The van der Waals surface area contributed by atoms with E-state index in [4.69, 9.17) is 9.15 Å². The van der Waals surface area contributed by atoms with E-state index in [0.29, 0.717) is 0 Å². The van der Waals surface area contributed by atoms with Crippen LogP contribution in [0.5, 0.6) is 0 Å². The number of benzene rings is 2. The van der Waals surface area contributed by atoms with Crippen LogP contribution in [0.3, 0.4) is 0 Å². The lowest BCUT2D eigenvalue weighted by molar-refractivity contribution is -0.146. The fraction of sp³-hybridized carbons (Fsp3) is 0.308. The number of furan rings is 1. The lowest BCUT2D eigenvalue weighted by Crippen LogP contribution is -2.25. The first-order valence-electron chi connectivity index (χ1n) is 10.4. The number of hydrogen-bond acceptors (Lipinski definition) is 5. The summed E-state index contributed by atoms with van der Waals surface area (Å²) in [5.74, 6) is -0.686. The Bertz CT molecular complexity index is 1220. The smallest absolute Gasteiger partial charge is 0.310 e. The Kier molecular flexibility index (Phi) is 5.21. The predicted octanol–water partition coefficient (Wildman–Crippen LogP) is 5.02. The third kappa shape index (κ3) is 3.76. The summed E-state index contributed by atoms with van der Waals surface area (Å²) in [5.41, 5.74) is 6.63. The number of esters is 1. The summed E-state index contributed by atoms with van der Waals surface area (Å²) in [7, 11) is 1.95. The lowest BCUT2D eigenvalue weighted by Gasteiger charge is -2.23. The summed E-state index contributed by atoms with van der Waals surface area (Å²) < 4.78 is 10.9. The fourth-order valence-corrected chi connectivity index (χ4v) is 4.28. The number of carbonyl (C=O) groups is 2. The Labute approximate surface area is 182 Å². The maximum Gasteiger partial charge on any atom is 0.310 e. The molecular formula is C26H27NO4. The number of ketones is 1. The van der Waals surface area contributed by atoms with E-state index in [1.807, 2.05) is 56.1 Å². The highest BCUT2D eigenvalue weighted by Crippen LogP contribution is 2.46. The Morgan fingerprint density at radius 3 is 2.58 bits per heavy atom. The topological polar surface area (TPSA) is 59.8 Å². The van der Waals surface area contributed by atoms with Crippen LogP contribution < -0.4 is 4.90 Å². The normalized spacial score (nSPS) is 16.0. The van der Waals surface area contributed by atoms with Gasteiger partial charge < -0.3 is 14.1 Å². The van der Waals surface area contributed by atoms with E-state index in [1.165, 1.54) is 5.56 Å². The van der Waals surface area contributed by atoms with Gasteiger partial charge in [0, 0.05) is 40.9 Å². The summed E-state index contributed by atoms with van der Waals surface area (Å²) in [4.78, 5) is 27.0. The van der Waals surface area contributed by atoms with Crippen molar-refractivity contribution >= 4 is 28.4 Å². The first kappa shape index (κ1) is 20.9. The Balaban J connectivity index is 1.43. The molecule has 0 bridgehead atoms. The highest BCUT2D eigenvalue weighted by atomic mass is 16.5. The Morgan fingerprint density at radius 2 is 1.84 bits per heavy atom. The van der Waals surface area contributed by atoms with Crippen LogP contribution in [0.1, 0.15) is 36.1 Å². The average Bonchev–Trinajstić information content (AvgIpc) is 3.19. The number of hydrogen-bond donors (Lipinski definition) is 0. The minimum Gasteiger partial charge on any atom is -0.464 e. The standard InChI is InChI=1S/C26H27NO4/c1-16-10-20-18(14-30-23(20)11-17(16)2)12-25(29)31-15-19(28)13-24-26(3,4)21-8-6-7-9-22(21)27(24)5/h6-11,13-14H,12,15H2,1-5H3. The van der Waals surface area contributed by atoms with Crippen molar-refractivity contribution in [2.75, 3.05) is 18.6 Å². The predicted molar refractivity (Wildman–Crippen MR) is 121 cm³/mol. The maximum absolute atomic E-state index is 12.6. The van der Waals surface area contributed by atoms with Gasteiger partial charge in [-0.25, -0.2) is 0 Å². The van der Waals surface area contributed by atoms with E-state index < -0.39 is 5.97 Å². The zero-order valence-corrected chi connectivity index (χ0v) is 18.6. The van der Waals surface area contributed by atoms with Crippen LogP contribution in [0.15, 0.2) is 58.9 Å². The monoisotopic (exact) mass is 417 g/mol. The molecule has 0 atom stereocenters. The highest BCUT2D eigenvalue weighted by Gasteiger charge is 2.38. The zero-order valence-electron chi connectivity index (χ0n) is 18.6. The van der Waals surface area contributed by atoms with Crippen molar-refractivity contribution in [2.45, 2.75) is 39.5 Å². The van der Waals surface area contributed by atoms with Crippen LogP contribution in [-0.2, 0) is 26.2 Å². The molecule has 0 spiro atoms. The van der Waals surface area contributed by atoms with Gasteiger partial charge in [0.05, 0.1) is 12.7 Å². The van der Waals surface area contributed by atoms with Gasteiger partial charge in [0.15, 0.2) is 12.4 Å². The second-order valence-electron chi connectivity index (χ2n) is 8.73. The Morgan fingerprint density at radius 1 is 1.13 bits per heavy atom. The molecule has 5 nitrogen and oxygen atoms in total. The van der Waals surface area contributed by atoms with E-state index in [1.54, 1.807) is 12.3 Å². The van der Waals surface area contributed by atoms with Crippen LogP contribution in [0, 0.1) is 13.8 Å². The van der Waals surface area contributed by atoms with Crippen molar-refractivity contribution in [3.63, 3.8) is 0 Å². The molecule has 0 fully saturated rings. The SMILES string of the molecule is Cc1cc2occ(CC(=O)OCC(=O)C=C3N(C)c4ccccc4C3(C)C)c2cc1C. The molecule has 0 radical (unpaired) electrons. The van der Waals surface area contributed by atoms with E-state index >= 15 is 0 Å². The van der Waals surface area contributed by atoms with Crippen LogP contribution in [0.2, 0.25) is 0 Å². The molecular weight excluding hydrogens is 390 g/mol. The molecule has 0 saturated heterocycles. The van der Waals surface area contributed by atoms with Crippen molar-refractivity contribution in [2.24, 2.45) is 0 Å². The number of carbonyl (C=O) groups excluding carboxylic acids is 2. The summed E-state index contributed by atoms with van der Waals surface area (Å²) >= 11 is 0. The molecule has 0 aliphatic carbocycles. The number of aryl methyl sites for hydroxylation is 2. The molecule has 0 unspecified atom stereocenters. The molecule has 0 saturated carbocycles. The molecule has 3 aromatic rings. The second-order valence-corrected chi connectivity index (χ2v) is 8.73. The van der Waals surface area contributed by atoms with Gasteiger partial charge in [-0.1, -0.05) is 32.0 Å². The number of anilines is 1. The lowest BCUT2D eigenvalue weighted by atomic mass is 9.83. The molecule has 0 amide bonds.